The molecule has 0 aliphatic rings. The van der Waals surface area contributed by atoms with E-state index in [1.807, 2.05) is 0 Å². The van der Waals surface area contributed by atoms with E-state index in [1.165, 1.54) is 31.2 Å². The van der Waals surface area contributed by atoms with Gasteiger partial charge in [-0.3, -0.25) is 13.9 Å². The molecule has 0 saturated heterocycles. The van der Waals surface area contributed by atoms with E-state index >= 15 is 0 Å². The van der Waals surface area contributed by atoms with Gasteiger partial charge < -0.3 is 10.2 Å². The second-order valence-electron chi connectivity index (χ2n) is 7.39. The molecular formula is C22H27ClFN3O4S. The highest BCUT2D eigenvalue weighted by molar-refractivity contribution is 7.92. The van der Waals surface area contributed by atoms with E-state index in [0.717, 1.165) is 21.0 Å². The van der Waals surface area contributed by atoms with Crippen LogP contribution in [0.5, 0.6) is 0 Å². The van der Waals surface area contributed by atoms with Crippen molar-refractivity contribution >= 4 is 39.1 Å². The Labute approximate surface area is 193 Å². The summed E-state index contributed by atoms with van der Waals surface area (Å²) >= 11 is 6.15. The number of likely N-dealkylation sites (N-methyl/N-ethyl adjacent to an activating group) is 1. The van der Waals surface area contributed by atoms with Gasteiger partial charge in [-0.05, 0) is 44.5 Å². The highest BCUT2D eigenvalue weighted by Gasteiger charge is 2.30. The van der Waals surface area contributed by atoms with Gasteiger partial charge >= 0.3 is 0 Å². The number of sulfonamides is 1. The number of anilines is 1. The van der Waals surface area contributed by atoms with E-state index in [-0.39, 0.29) is 17.8 Å². The van der Waals surface area contributed by atoms with Crippen molar-refractivity contribution in [2.24, 2.45) is 0 Å². The van der Waals surface area contributed by atoms with E-state index in [2.05, 4.69) is 5.32 Å². The SMILES string of the molecule is CCNC(=O)C(C)N(Cc1ccccc1F)C(=O)CN(c1ccc(C)c(Cl)c1)S(C)(=O)=O. The molecule has 0 saturated carbocycles. The van der Waals surface area contributed by atoms with Gasteiger partial charge in [0.15, 0.2) is 0 Å². The van der Waals surface area contributed by atoms with Crippen molar-refractivity contribution in [1.29, 1.82) is 0 Å². The number of rotatable bonds is 9. The van der Waals surface area contributed by atoms with Crippen LogP contribution in [0, 0.1) is 12.7 Å². The van der Waals surface area contributed by atoms with Crippen LogP contribution in [0.2, 0.25) is 5.02 Å². The summed E-state index contributed by atoms with van der Waals surface area (Å²) in [5.74, 6) is -1.62. The Bertz CT molecular complexity index is 1090. The summed E-state index contributed by atoms with van der Waals surface area (Å²) in [4.78, 5) is 26.9. The second-order valence-corrected chi connectivity index (χ2v) is 9.70. The van der Waals surface area contributed by atoms with Crippen LogP contribution in [0.4, 0.5) is 10.1 Å². The number of carbonyl (C=O) groups is 2. The maximum atomic E-state index is 14.3. The van der Waals surface area contributed by atoms with Crippen LogP contribution in [0.3, 0.4) is 0 Å². The Morgan fingerprint density at radius 1 is 1.19 bits per heavy atom. The zero-order valence-electron chi connectivity index (χ0n) is 18.4. The number of hydrogen-bond donors (Lipinski definition) is 1. The van der Waals surface area contributed by atoms with E-state index in [1.54, 1.807) is 32.0 Å². The summed E-state index contributed by atoms with van der Waals surface area (Å²) in [5.41, 5.74) is 1.18. The molecule has 2 rings (SSSR count). The van der Waals surface area contributed by atoms with Crippen molar-refractivity contribution in [3.8, 4) is 0 Å². The van der Waals surface area contributed by atoms with Crippen LogP contribution in [0.15, 0.2) is 42.5 Å². The van der Waals surface area contributed by atoms with E-state index in [0.29, 0.717) is 11.6 Å². The third kappa shape index (κ3) is 6.43. The molecule has 0 aliphatic heterocycles. The number of nitrogens with zero attached hydrogens (tertiary/aromatic N) is 2. The summed E-state index contributed by atoms with van der Waals surface area (Å²) in [7, 11) is -3.86. The fraction of sp³-hybridized carbons (Fsp3) is 0.364. The van der Waals surface area contributed by atoms with Gasteiger partial charge in [0, 0.05) is 23.7 Å². The van der Waals surface area contributed by atoms with Gasteiger partial charge in [-0.2, -0.15) is 0 Å². The Hall–Kier alpha value is -2.65. The second kappa shape index (κ2) is 10.8. The number of benzene rings is 2. The molecule has 10 heteroatoms. The number of amides is 2. The molecule has 0 aliphatic carbocycles. The molecule has 7 nitrogen and oxygen atoms in total. The number of carbonyl (C=O) groups excluding carboxylic acids is 2. The van der Waals surface area contributed by atoms with Gasteiger partial charge in [0.1, 0.15) is 18.4 Å². The summed E-state index contributed by atoms with van der Waals surface area (Å²) < 4.78 is 40.1. The molecule has 32 heavy (non-hydrogen) atoms. The fourth-order valence-electron chi connectivity index (χ4n) is 3.07. The molecule has 0 radical (unpaired) electrons. The first-order valence-electron chi connectivity index (χ1n) is 10.00. The largest absolute Gasteiger partial charge is 0.355 e. The van der Waals surface area contributed by atoms with E-state index in [4.69, 9.17) is 11.6 Å². The number of hydrogen-bond acceptors (Lipinski definition) is 4. The lowest BCUT2D eigenvalue weighted by atomic mass is 10.1. The molecule has 2 amide bonds. The lowest BCUT2D eigenvalue weighted by Gasteiger charge is -2.31. The van der Waals surface area contributed by atoms with Crippen molar-refractivity contribution in [3.63, 3.8) is 0 Å². The van der Waals surface area contributed by atoms with E-state index in [9.17, 15) is 22.4 Å². The van der Waals surface area contributed by atoms with Gasteiger partial charge in [-0.1, -0.05) is 35.9 Å². The lowest BCUT2D eigenvalue weighted by molar-refractivity contribution is -0.139. The highest BCUT2D eigenvalue weighted by Crippen LogP contribution is 2.25. The van der Waals surface area contributed by atoms with Crippen molar-refractivity contribution in [1.82, 2.24) is 10.2 Å². The van der Waals surface area contributed by atoms with Crippen LogP contribution in [-0.2, 0) is 26.2 Å². The minimum absolute atomic E-state index is 0.198. The van der Waals surface area contributed by atoms with Crippen LogP contribution in [0.25, 0.3) is 0 Å². The zero-order chi connectivity index (χ0) is 24.1. The molecule has 0 bridgehead atoms. The molecule has 0 spiro atoms. The summed E-state index contributed by atoms with van der Waals surface area (Å²) in [5, 5.41) is 2.98. The predicted molar refractivity (Wildman–Crippen MR) is 123 cm³/mol. The number of halogens is 2. The Kier molecular flexibility index (Phi) is 8.63. The molecular weight excluding hydrogens is 457 g/mol. The first-order chi connectivity index (χ1) is 15.0. The molecule has 2 aromatic rings. The predicted octanol–water partition coefficient (Wildman–Crippen LogP) is 3.11. The molecule has 1 N–H and O–H groups in total. The summed E-state index contributed by atoms with van der Waals surface area (Å²) in [6.07, 6.45) is 0.975. The monoisotopic (exact) mass is 483 g/mol. The van der Waals surface area contributed by atoms with E-state index < -0.39 is 40.2 Å². The Morgan fingerprint density at radius 2 is 1.84 bits per heavy atom. The smallest absolute Gasteiger partial charge is 0.244 e. The maximum Gasteiger partial charge on any atom is 0.244 e. The Balaban J connectivity index is 2.42. The molecule has 1 unspecified atom stereocenters. The van der Waals surface area contributed by atoms with Crippen LogP contribution < -0.4 is 9.62 Å². The summed E-state index contributed by atoms with van der Waals surface area (Å²) in [6, 6.07) is 9.60. The van der Waals surface area contributed by atoms with Gasteiger partial charge in [-0.15, -0.1) is 0 Å². The van der Waals surface area contributed by atoms with Gasteiger partial charge in [-0.25, -0.2) is 12.8 Å². The molecule has 2 aromatic carbocycles. The van der Waals surface area contributed by atoms with Crippen LogP contribution >= 0.6 is 11.6 Å². The average Bonchev–Trinajstić information content (AvgIpc) is 2.72. The first kappa shape index (κ1) is 25.6. The van der Waals surface area contributed by atoms with Crippen LogP contribution in [0.1, 0.15) is 25.0 Å². The number of aryl methyl sites for hydroxylation is 1. The minimum Gasteiger partial charge on any atom is -0.355 e. The normalized spacial score (nSPS) is 12.2. The number of nitrogens with one attached hydrogen (secondary N) is 1. The molecule has 0 aromatic heterocycles. The van der Waals surface area contributed by atoms with Crippen molar-refractivity contribution in [2.75, 3.05) is 23.7 Å². The van der Waals surface area contributed by atoms with Gasteiger partial charge in [0.2, 0.25) is 21.8 Å². The summed E-state index contributed by atoms with van der Waals surface area (Å²) in [6.45, 7) is 4.60. The standard InChI is InChI=1S/C22H27ClFN3O4S/c1-5-25-22(29)16(3)26(13-17-8-6-7-9-20(17)24)21(28)14-27(32(4,30)31)18-11-10-15(2)19(23)12-18/h6-12,16H,5,13-14H2,1-4H3,(H,25,29). The molecule has 0 heterocycles. The fourth-order valence-corrected chi connectivity index (χ4v) is 4.08. The van der Waals surface area contributed by atoms with Gasteiger partial charge in [0.05, 0.1) is 11.9 Å². The average molecular weight is 484 g/mol. The third-order valence-electron chi connectivity index (χ3n) is 4.94. The quantitative estimate of drug-likeness (QED) is 0.593. The van der Waals surface area contributed by atoms with Crippen molar-refractivity contribution in [2.45, 2.75) is 33.4 Å². The minimum atomic E-state index is -3.86. The molecule has 1 atom stereocenters. The maximum absolute atomic E-state index is 14.3. The van der Waals surface area contributed by atoms with Crippen molar-refractivity contribution < 1.29 is 22.4 Å². The highest BCUT2D eigenvalue weighted by atomic mass is 35.5. The Morgan fingerprint density at radius 3 is 2.41 bits per heavy atom. The van der Waals surface area contributed by atoms with Gasteiger partial charge in [0.25, 0.3) is 0 Å². The molecule has 174 valence electrons. The lowest BCUT2D eigenvalue weighted by Crippen LogP contribution is -2.51. The molecule has 0 fully saturated rings. The zero-order valence-corrected chi connectivity index (χ0v) is 20.0. The van der Waals surface area contributed by atoms with Crippen LogP contribution in [-0.4, -0.2) is 50.5 Å². The van der Waals surface area contributed by atoms with Crippen molar-refractivity contribution in [3.05, 3.63) is 64.4 Å². The first-order valence-corrected chi connectivity index (χ1v) is 12.2. The third-order valence-corrected chi connectivity index (χ3v) is 6.49. The topological polar surface area (TPSA) is 86.8 Å².